The maximum atomic E-state index is 12.9. The number of halogens is 2. The zero-order valence-corrected chi connectivity index (χ0v) is 18.1. The second kappa shape index (κ2) is 9.97. The van der Waals surface area contributed by atoms with Crippen molar-refractivity contribution in [3.8, 4) is 11.5 Å². The van der Waals surface area contributed by atoms with Crippen molar-refractivity contribution in [2.24, 2.45) is 5.50 Å². The van der Waals surface area contributed by atoms with Crippen molar-refractivity contribution in [1.29, 1.82) is 0 Å². The predicted octanol–water partition coefficient (Wildman–Crippen LogP) is 4.53. The molecule has 1 unspecified atom stereocenters. The lowest BCUT2D eigenvalue weighted by Crippen LogP contribution is -2.29. The molecule has 27 heavy (non-hydrogen) atoms. The molecule has 0 aliphatic heterocycles. The minimum atomic E-state index is -3.57. The number of fused-ring (bicyclic) bond motifs is 1. The summed E-state index contributed by atoms with van der Waals surface area (Å²) in [6, 6.07) is 7.75. The van der Waals surface area contributed by atoms with E-state index in [1.807, 2.05) is 31.2 Å². The standard InChI is InChI=1S/C18H25Cl2N2O4P/c1-13-16(12-26-27(21,23)22(10-8-19)11-9-20)18(25-3)15-7-5-4-6-14(15)17(13)24-2/h4-7H,8-12H2,1-3H3,(H2,21,23). The van der Waals surface area contributed by atoms with Crippen molar-refractivity contribution in [3.63, 3.8) is 0 Å². The van der Waals surface area contributed by atoms with Crippen LogP contribution in [0.1, 0.15) is 11.1 Å². The number of nitrogens with two attached hydrogens (primary N) is 1. The topological polar surface area (TPSA) is 74.0 Å². The minimum Gasteiger partial charge on any atom is -0.496 e. The first-order valence-corrected chi connectivity index (χ1v) is 11.2. The SMILES string of the molecule is COc1c(C)c(COP(N)(=O)N(CCCl)CCCl)c(OC)c2ccccc12. The van der Waals surface area contributed by atoms with E-state index in [0.717, 1.165) is 27.6 Å². The van der Waals surface area contributed by atoms with Crippen LogP contribution >= 0.6 is 30.9 Å². The van der Waals surface area contributed by atoms with Crippen LogP contribution in [0, 0.1) is 6.92 Å². The molecule has 1 atom stereocenters. The van der Waals surface area contributed by atoms with E-state index in [0.29, 0.717) is 18.8 Å². The van der Waals surface area contributed by atoms with Crippen LogP contribution in [0.25, 0.3) is 10.8 Å². The number of hydrogen-bond acceptors (Lipinski definition) is 4. The van der Waals surface area contributed by atoms with E-state index < -0.39 is 7.67 Å². The smallest absolute Gasteiger partial charge is 0.341 e. The van der Waals surface area contributed by atoms with Crippen molar-refractivity contribution in [3.05, 3.63) is 35.4 Å². The van der Waals surface area contributed by atoms with E-state index in [1.165, 1.54) is 4.67 Å². The van der Waals surface area contributed by atoms with Crippen LogP contribution < -0.4 is 15.0 Å². The van der Waals surface area contributed by atoms with Crippen molar-refractivity contribution in [2.75, 3.05) is 39.1 Å². The highest BCUT2D eigenvalue weighted by molar-refractivity contribution is 7.53. The van der Waals surface area contributed by atoms with Gasteiger partial charge in [-0.1, -0.05) is 24.3 Å². The van der Waals surface area contributed by atoms with Crippen molar-refractivity contribution < 1.29 is 18.6 Å². The molecule has 2 rings (SSSR count). The monoisotopic (exact) mass is 434 g/mol. The van der Waals surface area contributed by atoms with Gasteiger partial charge in [0.2, 0.25) is 0 Å². The average molecular weight is 435 g/mol. The summed E-state index contributed by atoms with van der Waals surface area (Å²) >= 11 is 11.6. The Bertz CT molecular complexity index is 829. The molecule has 2 N–H and O–H groups in total. The molecule has 2 aromatic carbocycles. The van der Waals surface area contributed by atoms with Crippen LogP contribution in [0.2, 0.25) is 0 Å². The number of nitrogens with zero attached hydrogens (tertiary/aromatic N) is 1. The van der Waals surface area contributed by atoms with Gasteiger partial charge < -0.3 is 14.0 Å². The summed E-state index contributed by atoms with van der Waals surface area (Å²) in [5.74, 6) is 1.90. The summed E-state index contributed by atoms with van der Waals surface area (Å²) in [4.78, 5) is 0. The van der Waals surface area contributed by atoms with Crippen molar-refractivity contribution >= 4 is 41.6 Å². The number of benzene rings is 2. The predicted molar refractivity (Wildman–Crippen MR) is 111 cm³/mol. The third-order valence-corrected chi connectivity index (χ3v) is 6.39. The molecule has 150 valence electrons. The third kappa shape index (κ3) is 4.89. The second-order valence-corrected chi connectivity index (χ2v) is 8.59. The maximum Gasteiger partial charge on any atom is 0.341 e. The van der Waals surface area contributed by atoms with Gasteiger partial charge in [-0.25, -0.2) is 10.2 Å². The number of hydrogen-bond donors (Lipinski definition) is 1. The van der Waals surface area contributed by atoms with Gasteiger partial charge in [-0.05, 0) is 6.92 Å². The molecule has 0 heterocycles. The van der Waals surface area contributed by atoms with E-state index in [2.05, 4.69) is 0 Å². The van der Waals surface area contributed by atoms with Crippen molar-refractivity contribution in [1.82, 2.24) is 4.67 Å². The van der Waals surface area contributed by atoms with Gasteiger partial charge in [-0.3, -0.25) is 4.57 Å². The number of methoxy groups -OCH3 is 2. The molecular formula is C18H25Cl2N2O4P. The Morgan fingerprint density at radius 2 is 1.56 bits per heavy atom. The van der Waals surface area contributed by atoms with Gasteiger partial charge in [0.1, 0.15) is 11.5 Å². The van der Waals surface area contributed by atoms with Gasteiger partial charge in [-0.2, -0.15) is 0 Å². The fourth-order valence-corrected chi connectivity index (χ4v) is 4.92. The molecule has 9 heteroatoms. The lowest BCUT2D eigenvalue weighted by atomic mass is 9.99. The third-order valence-electron chi connectivity index (χ3n) is 4.37. The lowest BCUT2D eigenvalue weighted by molar-refractivity contribution is 0.252. The molecule has 0 saturated carbocycles. The Morgan fingerprint density at radius 1 is 1.04 bits per heavy atom. The van der Waals surface area contributed by atoms with Gasteiger partial charge in [0.25, 0.3) is 0 Å². The highest BCUT2D eigenvalue weighted by atomic mass is 35.5. The summed E-state index contributed by atoms with van der Waals surface area (Å²) in [6.45, 7) is 2.55. The lowest BCUT2D eigenvalue weighted by Gasteiger charge is -2.27. The Balaban J connectivity index is 2.43. The van der Waals surface area contributed by atoms with E-state index in [4.69, 9.17) is 42.7 Å². The first-order valence-electron chi connectivity index (χ1n) is 8.43. The molecule has 0 radical (unpaired) electrons. The zero-order valence-electron chi connectivity index (χ0n) is 15.7. The largest absolute Gasteiger partial charge is 0.496 e. The second-order valence-electron chi connectivity index (χ2n) is 5.88. The van der Waals surface area contributed by atoms with Crippen LogP contribution in [-0.2, 0) is 15.7 Å². The normalized spacial score (nSPS) is 13.7. The first-order chi connectivity index (χ1) is 12.9. The molecule has 2 aromatic rings. The summed E-state index contributed by atoms with van der Waals surface area (Å²) in [5.41, 5.74) is 7.55. The molecule has 0 aliphatic carbocycles. The van der Waals surface area contributed by atoms with E-state index >= 15 is 0 Å². The fraction of sp³-hybridized carbons (Fsp3) is 0.444. The van der Waals surface area contributed by atoms with Crippen LogP contribution in [0.3, 0.4) is 0 Å². The Labute approximate surface area is 170 Å². The van der Waals surface area contributed by atoms with E-state index in [-0.39, 0.29) is 18.4 Å². The maximum absolute atomic E-state index is 12.9. The highest BCUT2D eigenvalue weighted by Crippen LogP contribution is 2.46. The molecule has 6 nitrogen and oxygen atoms in total. The summed E-state index contributed by atoms with van der Waals surface area (Å²) in [6.07, 6.45) is 0. The van der Waals surface area contributed by atoms with E-state index in [1.54, 1.807) is 14.2 Å². The number of alkyl halides is 2. The summed E-state index contributed by atoms with van der Waals surface area (Å²) in [7, 11) is -0.364. The number of rotatable bonds is 10. The first kappa shape index (κ1) is 22.3. The van der Waals surface area contributed by atoms with Gasteiger partial charge in [0.15, 0.2) is 0 Å². The molecule has 0 saturated heterocycles. The van der Waals surface area contributed by atoms with Crippen LogP contribution in [-0.4, -0.2) is 43.7 Å². The Hall–Kier alpha value is -1.01. The van der Waals surface area contributed by atoms with Gasteiger partial charge in [0.05, 0.1) is 20.8 Å². The van der Waals surface area contributed by atoms with Gasteiger partial charge >= 0.3 is 7.67 Å². The summed E-state index contributed by atoms with van der Waals surface area (Å²) < 4.78 is 31.3. The molecular weight excluding hydrogens is 410 g/mol. The Kier molecular flexibility index (Phi) is 8.22. The molecule has 0 amide bonds. The van der Waals surface area contributed by atoms with Crippen LogP contribution in [0.15, 0.2) is 24.3 Å². The van der Waals surface area contributed by atoms with Crippen LogP contribution in [0.4, 0.5) is 0 Å². The van der Waals surface area contributed by atoms with E-state index in [9.17, 15) is 4.57 Å². The average Bonchev–Trinajstić information content (AvgIpc) is 2.66. The summed E-state index contributed by atoms with van der Waals surface area (Å²) in [5, 5.41) is 1.81. The fourth-order valence-electron chi connectivity index (χ4n) is 3.05. The van der Waals surface area contributed by atoms with Crippen molar-refractivity contribution in [2.45, 2.75) is 13.5 Å². The quantitative estimate of drug-likeness (QED) is 0.437. The van der Waals surface area contributed by atoms with Crippen LogP contribution in [0.5, 0.6) is 11.5 Å². The highest BCUT2D eigenvalue weighted by Gasteiger charge is 2.28. The number of ether oxygens (including phenoxy) is 2. The Morgan fingerprint density at radius 3 is 2.04 bits per heavy atom. The van der Waals surface area contributed by atoms with Gasteiger partial charge in [-0.15, -0.1) is 23.2 Å². The zero-order chi connectivity index (χ0) is 20.0. The molecule has 0 spiro atoms. The van der Waals surface area contributed by atoms with Gasteiger partial charge in [0, 0.05) is 46.7 Å². The minimum absolute atomic E-state index is 0.00501. The molecule has 0 fully saturated rings. The molecule has 0 aliphatic rings. The molecule has 0 aromatic heterocycles. The molecule has 0 bridgehead atoms.